The zero-order valence-electron chi connectivity index (χ0n) is 16.7. The van der Waals surface area contributed by atoms with E-state index in [-0.39, 0.29) is 0 Å². The maximum absolute atomic E-state index is 10.6. The normalized spacial score (nSPS) is 22.4. The Morgan fingerprint density at radius 2 is 2.11 bits per heavy atom. The number of thioether (sulfide) groups is 1. The van der Waals surface area contributed by atoms with Gasteiger partial charge in [0.05, 0.1) is 12.6 Å². The zero-order valence-corrected chi connectivity index (χ0v) is 17.5. The van der Waals surface area contributed by atoms with Crippen LogP contribution in [0.25, 0.3) is 0 Å². The third-order valence-electron chi connectivity index (χ3n) is 5.36. The standard InChI is InChI=1S/C21H34N4OS/c1-3-20-16-25(11-12-27-20)21(22-4-2)23-13-19(26)15-24-10-9-17-7-5-6-8-18(17)14-24/h5-8,19-20,26H,3-4,9-16H2,1-2H3,(H,22,23). The number of benzene rings is 1. The number of fused-ring (bicyclic) bond motifs is 1. The highest BCUT2D eigenvalue weighted by molar-refractivity contribution is 8.00. The average Bonchev–Trinajstić information content (AvgIpc) is 2.71. The Morgan fingerprint density at radius 3 is 2.89 bits per heavy atom. The lowest BCUT2D eigenvalue weighted by Gasteiger charge is -2.34. The van der Waals surface area contributed by atoms with E-state index in [9.17, 15) is 5.11 Å². The van der Waals surface area contributed by atoms with Gasteiger partial charge in [0.2, 0.25) is 0 Å². The number of nitrogens with one attached hydrogen (secondary N) is 1. The molecule has 0 aromatic heterocycles. The molecular weight excluding hydrogens is 356 g/mol. The van der Waals surface area contributed by atoms with Crippen LogP contribution >= 0.6 is 11.8 Å². The molecule has 1 saturated heterocycles. The van der Waals surface area contributed by atoms with E-state index < -0.39 is 6.10 Å². The first kappa shape index (κ1) is 20.5. The smallest absolute Gasteiger partial charge is 0.194 e. The number of guanidine groups is 1. The molecule has 1 aromatic carbocycles. The minimum Gasteiger partial charge on any atom is -0.390 e. The van der Waals surface area contributed by atoms with Crippen LogP contribution in [0.1, 0.15) is 31.4 Å². The molecule has 0 saturated carbocycles. The minimum atomic E-state index is -0.426. The number of aliphatic hydroxyl groups is 1. The number of hydrogen-bond acceptors (Lipinski definition) is 4. The van der Waals surface area contributed by atoms with Crippen LogP contribution in [0.2, 0.25) is 0 Å². The van der Waals surface area contributed by atoms with Crippen molar-refractivity contribution < 1.29 is 5.11 Å². The van der Waals surface area contributed by atoms with Gasteiger partial charge < -0.3 is 15.3 Å². The highest BCUT2D eigenvalue weighted by Gasteiger charge is 2.22. The third-order valence-corrected chi connectivity index (χ3v) is 6.73. The number of nitrogens with zero attached hydrogens (tertiary/aromatic N) is 3. The summed E-state index contributed by atoms with van der Waals surface area (Å²) in [6.07, 6.45) is 1.84. The Balaban J connectivity index is 1.53. The van der Waals surface area contributed by atoms with Crippen molar-refractivity contribution >= 4 is 17.7 Å². The van der Waals surface area contributed by atoms with E-state index in [1.165, 1.54) is 17.5 Å². The summed E-state index contributed by atoms with van der Waals surface area (Å²) >= 11 is 2.06. The first-order valence-electron chi connectivity index (χ1n) is 10.3. The van der Waals surface area contributed by atoms with E-state index in [4.69, 9.17) is 4.99 Å². The van der Waals surface area contributed by atoms with Gasteiger partial charge in [-0.15, -0.1) is 0 Å². The van der Waals surface area contributed by atoms with Crippen LogP contribution in [-0.4, -0.2) is 77.2 Å². The zero-order chi connectivity index (χ0) is 19.1. The molecule has 2 unspecified atom stereocenters. The molecule has 0 amide bonds. The van der Waals surface area contributed by atoms with Gasteiger partial charge in [0.15, 0.2) is 5.96 Å². The summed E-state index contributed by atoms with van der Waals surface area (Å²) in [4.78, 5) is 9.47. The summed E-state index contributed by atoms with van der Waals surface area (Å²) in [7, 11) is 0. The Labute approximate surface area is 168 Å². The van der Waals surface area contributed by atoms with E-state index in [1.807, 2.05) is 0 Å². The first-order valence-corrected chi connectivity index (χ1v) is 11.4. The second-order valence-corrected chi connectivity index (χ2v) is 8.86. The fourth-order valence-electron chi connectivity index (χ4n) is 3.84. The predicted molar refractivity (Wildman–Crippen MR) is 116 cm³/mol. The summed E-state index contributed by atoms with van der Waals surface area (Å²) in [5.41, 5.74) is 2.84. The molecule has 0 spiro atoms. The quantitative estimate of drug-likeness (QED) is 0.576. The Hall–Kier alpha value is -1.24. The monoisotopic (exact) mass is 390 g/mol. The van der Waals surface area contributed by atoms with Gasteiger partial charge in [-0.05, 0) is 30.9 Å². The Kier molecular flexibility index (Phi) is 7.85. The number of aliphatic hydroxyl groups excluding tert-OH is 1. The van der Waals surface area contributed by atoms with Crippen molar-refractivity contribution in [3.63, 3.8) is 0 Å². The summed E-state index contributed by atoms with van der Waals surface area (Å²) < 4.78 is 0. The SMILES string of the molecule is CCNC(=NCC(O)CN1CCc2ccccc2C1)N1CCSC(CC)C1. The number of β-amino-alcohol motifs (C(OH)–C–C–N with tert-alkyl or cyclic N) is 1. The van der Waals surface area contributed by atoms with Crippen LogP contribution in [0.3, 0.4) is 0 Å². The van der Waals surface area contributed by atoms with Gasteiger partial charge in [-0.3, -0.25) is 9.89 Å². The van der Waals surface area contributed by atoms with Crippen molar-refractivity contribution in [1.82, 2.24) is 15.1 Å². The van der Waals surface area contributed by atoms with Gasteiger partial charge in [-0.2, -0.15) is 11.8 Å². The van der Waals surface area contributed by atoms with E-state index in [1.54, 1.807) is 0 Å². The maximum Gasteiger partial charge on any atom is 0.194 e. The second-order valence-electron chi connectivity index (χ2n) is 7.45. The van der Waals surface area contributed by atoms with E-state index in [2.05, 4.69) is 65.0 Å². The lowest BCUT2D eigenvalue weighted by Crippen LogP contribution is -2.48. The highest BCUT2D eigenvalue weighted by Crippen LogP contribution is 2.21. The predicted octanol–water partition coefficient (Wildman–Crippen LogP) is 2.20. The number of hydrogen-bond donors (Lipinski definition) is 2. The maximum atomic E-state index is 10.6. The van der Waals surface area contributed by atoms with Crippen LogP contribution in [-0.2, 0) is 13.0 Å². The Morgan fingerprint density at radius 1 is 1.30 bits per heavy atom. The van der Waals surface area contributed by atoms with Crippen molar-refractivity contribution in [2.45, 2.75) is 44.6 Å². The van der Waals surface area contributed by atoms with Gasteiger partial charge in [-0.1, -0.05) is 31.2 Å². The van der Waals surface area contributed by atoms with E-state index >= 15 is 0 Å². The molecule has 2 N–H and O–H groups in total. The molecular formula is C21H34N4OS. The van der Waals surface area contributed by atoms with Crippen molar-refractivity contribution in [1.29, 1.82) is 0 Å². The largest absolute Gasteiger partial charge is 0.390 e. The van der Waals surface area contributed by atoms with Gasteiger partial charge in [0.25, 0.3) is 0 Å². The van der Waals surface area contributed by atoms with Crippen molar-refractivity contribution in [2.24, 2.45) is 4.99 Å². The fraction of sp³-hybridized carbons (Fsp3) is 0.667. The molecule has 2 aliphatic rings. The van der Waals surface area contributed by atoms with Crippen LogP contribution in [0, 0.1) is 0 Å². The molecule has 1 aromatic rings. The molecule has 2 heterocycles. The van der Waals surface area contributed by atoms with Gasteiger partial charge in [0, 0.05) is 50.3 Å². The third kappa shape index (κ3) is 5.87. The minimum absolute atomic E-state index is 0.426. The van der Waals surface area contributed by atoms with E-state index in [0.717, 1.165) is 50.9 Å². The fourth-order valence-corrected chi connectivity index (χ4v) is 5.02. The Bertz CT molecular complexity index is 624. The van der Waals surface area contributed by atoms with Gasteiger partial charge >= 0.3 is 0 Å². The topological polar surface area (TPSA) is 51.1 Å². The van der Waals surface area contributed by atoms with Crippen LogP contribution < -0.4 is 5.32 Å². The second kappa shape index (κ2) is 10.3. The summed E-state index contributed by atoms with van der Waals surface area (Å²) in [6.45, 7) is 10.4. The molecule has 0 aliphatic carbocycles. The van der Waals surface area contributed by atoms with Crippen LogP contribution in [0.5, 0.6) is 0 Å². The molecule has 27 heavy (non-hydrogen) atoms. The molecule has 5 nitrogen and oxygen atoms in total. The van der Waals surface area contributed by atoms with Crippen molar-refractivity contribution in [3.05, 3.63) is 35.4 Å². The molecule has 2 atom stereocenters. The molecule has 150 valence electrons. The van der Waals surface area contributed by atoms with Crippen molar-refractivity contribution in [3.8, 4) is 0 Å². The summed E-state index contributed by atoms with van der Waals surface area (Å²) in [5, 5.41) is 14.7. The lowest BCUT2D eigenvalue weighted by atomic mass is 10.00. The average molecular weight is 391 g/mol. The van der Waals surface area contributed by atoms with Crippen LogP contribution in [0.15, 0.2) is 29.3 Å². The first-order chi connectivity index (χ1) is 13.2. The van der Waals surface area contributed by atoms with Gasteiger partial charge in [0.1, 0.15) is 0 Å². The number of rotatable bonds is 6. The van der Waals surface area contributed by atoms with Crippen molar-refractivity contribution in [2.75, 3.05) is 45.0 Å². The van der Waals surface area contributed by atoms with Crippen LogP contribution in [0.4, 0.5) is 0 Å². The molecule has 0 radical (unpaired) electrons. The highest BCUT2D eigenvalue weighted by atomic mass is 32.2. The number of aliphatic imine (C=N–C) groups is 1. The summed E-state index contributed by atoms with van der Waals surface area (Å²) in [6, 6.07) is 8.64. The van der Waals surface area contributed by atoms with Gasteiger partial charge in [-0.25, -0.2) is 0 Å². The van der Waals surface area contributed by atoms with E-state index in [0.29, 0.717) is 18.3 Å². The molecule has 3 rings (SSSR count). The summed E-state index contributed by atoms with van der Waals surface area (Å²) in [5.74, 6) is 2.11. The molecule has 1 fully saturated rings. The molecule has 2 aliphatic heterocycles. The lowest BCUT2D eigenvalue weighted by molar-refractivity contribution is 0.111. The molecule has 0 bridgehead atoms. The molecule has 6 heteroatoms.